The number of carbonyl (C=O) groups is 1. The molecule has 1 N–H and O–H groups in total. The summed E-state index contributed by atoms with van der Waals surface area (Å²) in [5.74, 6) is -0.399. The molecule has 0 aliphatic rings. The van der Waals surface area contributed by atoms with Gasteiger partial charge in [-0.15, -0.1) is 5.10 Å². The van der Waals surface area contributed by atoms with E-state index < -0.39 is 11.5 Å². The number of hydrogen-bond donors (Lipinski definition) is 1. The van der Waals surface area contributed by atoms with Crippen LogP contribution in [0.4, 0.5) is 0 Å². The minimum atomic E-state index is -1.12. The Morgan fingerprint density at radius 1 is 1.24 bits per heavy atom. The molecule has 112 valence electrons. The minimum absolute atomic E-state index is 0.418. The quantitative estimate of drug-likeness (QED) is 0.914. The van der Waals surface area contributed by atoms with Crippen molar-refractivity contribution in [3.05, 3.63) is 29.3 Å². The number of aromatic nitrogens is 4. The molecule has 6 heteroatoms. The van der Waals surface area contributed by atoms with E-state index in [4.69, 9.17) is 0 Å². The number of nitrogens with zero attached hydrogens (tertiary/aromatic N) is 4. The smallest absolute Gasteiger partial charge is 0.331 e. The molecule has 6 nitrogen and oxygen atoms in total. The van der Waals surface area contributed by atoms with Gasteiger partial charge >= 0.3 is 5.97 Å². The lowest BCUT2D eigenvalue weighted by Gasteiger charge is -2.28. The van der Waals surface area contributed by atoms with E-state index in [9.17, 15) is 9.90 Å². The molecular weight excluding hydrogens is 268 g/mol. The van der Waals surface area contributed by atoms with Crippen LogP contribution in [0.1, 0.15) is 37.8 Å². The predicted molar refractivity (Wildman–Crippen MR) is 78.9 cm³/mol. The van der Waals surface area contributed by atoms with Crippen molar-refractivity contribution in [2.45, 2.75) is 46.1 Å². The van der Waals surface area contributed by atoms with Gasteiger partial charge in [-0.3, -0.25) is 0 Å². The van der Waals surface area contributed by atoms with E-state index in [2.05, 4.69) is 15.5 Å². The first kappa shape index (κ1) is 15.2. The van der Waals surface area contributed by atoms with Crippen molar-refractivity contribution in [1.82, 2.24) is 20.2 Å². The van der Waals surface area contributed by atoms with Crippen LogP contribution in [0, 0.1) is 13.8 Å². The third kappa shape index (κ3) is 2.30. The fraction of sp³-hybridized carbons (Fsp3) is 0.467. The molecule has 0 aliphatic heterocycles. The number of tetrazole rings is 1. The molecule has 0 atom stereocenters. The maximum Gasteiger partial charge on any atom is 0.331 e. The summed E-state index contributed by atoms with van der Waals surface area (Å²) in [7, 11) is 0. The first-order valence-corrected chi connectivity index (χ1v) is 7.06. The van der Waals surface area contributed by atoms with E-state index in [1.54, 1.807) is 0 Å². The standard InChI is InChI=1S/C15H20N4O2/c1-5-15(6-2,14(20)21)19-13(16-17-18-19)12-10(3)8-7-9-11(12)4/h7-9H,5-6H2,1-4H3,(H,20,21). The zero-order chi connectivity index (χ0) is 15.6. The number of hydrogen-bond acceptors (Lipinski definition) is 4. The molecular formula is C15H20N4O2. The molecule has 0 saturated carbocycles. The number of aliphatic carboxylic acids is 1. The van der Waals surface area contributed by atoms with Gasteiger partial charge in [0.1, 0.15) is 0 Å². The molecule has 0 saturated heterocycles. The van der Waals surface area contributed by atoms with Gasteiger partial charge in [0.25, 0.3) is 0 Å². The topological polar surface area (TPSA) is 80.9 Å². The highest BCUT2D eigenvalue weighted by molar-refractivity contribution is 5.78. The van der Waals surface area contributed by atoms with Crippen LogP contribution in [0.2, 0.25) is 0 Å². The predicted octanol–water partition coefficient (Wildman–Crippen LogP) is 2.56. The molecule has 0 radical (unpaired) electrons. The fourth-order valence-corrected chi connectivity index (χ4v) is 2.74. The monoisotopic (exact) mass is 288 g/mol. The maximum absolute atomic E-state index is 11.8. The Morgan fingerprint density at radius 2 is 1.81 bits per heavy atom. The second-order valence-corrected chi connectivity index (χ2v) is 5.22. The van der Waals surface area contributed by atoms with Crippen molar-refractivity contribution in [3.63, 3.8) is 0 Å². The Hall–Kier alpha value is -2.24. The zero-order valence-electron chi connectivity index (χ0n) is 12.8. The van der Waals surface area contributed by atoms with Crippen LogP contribution < -0.4 is 0 Å². The van der Waals surface area contributed by atoms with Crippen LogP contribution in [0.25, 0.3) is 11.4 Å². The highest BCUT2D eigenvalue weighted by Crippen LogP contribution is 2.32. The van der Waals surface area contributed by atoms with Gasteiger partial charge in [-0.1, -0.05) is 32.0 Å². The Kier molecular flexibility index (Phi) is 4.06. The third-order valence-corrected chi connectivity index (χ3v) is 4.15. The first-order valence-electron chi connectivity index (χ1n) is 7.06. The number of aryl methyl sites for hydroxylation is 2. The largest absolute Gasteiger partial charge is 0.479 e. The van der Waals surface area contributed by atoms with Crippen LogP contribution in [-0.4, -0.2) is 31.3 Å². The summed E-state index contributed by atoms with van der Waals surface area (Å²) in [4.78, 5) is 11.8. The molecule has 1 heterocycles. The second-order valence-electron chi connectivity index (χ2n) is 5.22. The van der Waals surface area contributed by atoms with Crippen molar-refractivity contribution in [1.29, 1.82) is 0 Å². The Morgan fingerprint density at radius 3 is 2.29 bits per heavy atom. The van der Waals surface area contributed by atoms with Crippen LogP contribution in [-0.2, 0) is 10.3 Å². The molecule has 0 spiro atoms. The minimum Gasteiger partial charge on any atom is -0.479 e. The number of rotatable bonds is 5. The van der Waals surface area contributed by atoms with Crippen molar-refractivity contribution in [2.75, 3.05) is 0 Å². The number of carboxylic acid groups (broad SMARTS) is 1. The average Bonchev–Trinajstić information content (AvgIpc) is 2.90. The van der Waals surface area contributed by atoms with E-state index in [0.29, 0.717) is 18.7 Å². The Bertz CT molecular complexity index is 639. The average molecular weight is 288 g/mol. The van der Waals surface area contributed by atoms with Crippen LogP contribution in [0.15, 0.2) is 18.2 Å². The lowest BCUT2D eigenvalue weighted by atomic mass is 9.92. The number of carboxylic acids is 1. The van der Waals surface area contributed by atoms with E-state index in [0.717, 1.165) is 16.7 Å². The first-order chi connectivity index (χ1) is 9.97. The lowest BCUT2D eigenvalue weighted by molar-refractivity contribution is -0.148. The highest BCUT2D eigenvalue weighted by atomic mass is 16.4. The third-order valence-electron chi connectivity index (χ3n) is 4.15. The Labute approximate surface area is 123 Å². The van der Waals surface area contributed by atoms with Gasteiger partial charge in [0.15, 0.2) is 11.4 Å². The fourth-order valence-electron chi connectivity index (χ4n) is 2.74. The van der Waals surface area contributed by atoms with Gasteiger partial charge in [-0.05, 0) is 48.2 Å². The van der Waals surface area contributed by atoms with Crippen LogP contribution in [0.3, 0.4) is 0 Å². The molecule has 1 aromatic heterocycles. The summed E-state index contributed by atoms with van der Waals surface area (Å²) in [5, 5.41) is 21.5. The summed E-state index contributed by atoms with van der Waals surface area (Å²) in [6, 6.07) is 5.91. The highest BCUT2D eigenvalue weighted by Gasteiger charge is 2.40. The molecule has 1 aromatic carbocycles. The summed E-state index contributed by atoms with van der Waals surface area (Å²) < 4.78 is 1.46. The number of benzene rings is 1. The van der Waals surface area contributed by atoms with Gasteiger partial charge in [0.05, 0.1) is 0 Å². The zero-order valence-corrected chi connectivity index (χ0v) is 12.8. The van der Waals surface area contributed by atoms with Crippen molar-refractivity contribution < 1.29 is 9.90 Å². The van der Waals surface area contributed by atoms with Crippen molar-refractivity contribution >= 4 is 5.97 Å². The molecule has 0 amide bonds. The molecule has 0 unspecified atom stereocenters. The van der Waals surface area contributed by atoms with E-state index >= 15 is 0 Å². The second kappa shape index (κ2) is 5.63. The van der Waals surface area contributed by atoms with E-state index in [1.165, 1.54) is 4.68 Å². The van der Waals surface area contributed by atoms with Crippen molar-refractivity contribution in [3.8, 4) is 11.4 Å². The lowest BCUT2D eigenvalue weighted by Crippen LogP contribution is -2.42. The van der Waals surface area contributed by atoms with E-state index in [-0.39, 0.29) is 0 Å². The molecule has 0 aliphatic carbocycles. The van der Waals surface area contributed by atoms with Crippen molar-refractivity contribution in [2.24, 2.45) is 0 Å². The van der Waals surface area contributed by atoms with Crippen LogP contribution >= 0.6 is 0 Å². The SMILES string of the molecule is CCC(CC)(C(=O)O)n1nnnc1-c1c(C)cccc1C. The van der Waals surface area contributed by atoms with Gasteiger partial charge in [-0.2, -0.15) is 0 Å². The summed E-state index contributed by atoms with van der Waals surface area (Å²) in [6.45, 7) is 7.63. The summed E-state index contributed by atoms with van der Waals surface area (Å²) >= 11 is 0. The molecule has 21 heavy (non-hydrogen) atoms. The molecule has 2 aromatic rings. The normalized spacial score (nSPS) is 11.6. The van der Waals surface area contributed by atoms with Gasteiger partial charge in [0.2, 0.25) is 0 Å². The van der Waals surface area contributed by atoms with Gasteiger partial charge < -0.3 is 5.11 Å². The van der Waals surface area contributed by atoms with Gasteiger partial charge in [0, 0.05) is 5.56 Å². The maximum atomic E-state index is 11.8. The molecule has 0 fully saturated rings. The van der Waals surface area contributed by atoms with Gasteiger partial charge in [-0.25, -0.2) is 9.48 Å². The Balaban J connectivity index is 2.71. The summed E-state index contributed by atoms with van der Waals surface area (Å²) in [6.07, 6.45) is 0.837. The molecule has 2 rings (SSSR count). The van der Waals surface area contributed by atoms with Crippen LogP contribution in [0.5, 0.6) is 0 Å². The molecule has 0 bridgehead atoms. The summed E-state index contributed by atoms with van der Waals surface area (Å²) in [5.41, 5.74) is 1.83. The van der Waals surface area contributed by atoms with E-state index in [1.807, 2.05) is 45.9 Å².